The maximum atomic E-state index is 12.1. The van der Waals surface area contributed by atoms with Crippen molar-refractivity contribution in [3.63, 3.8) is 0 Å². The van der Waals surface area contributed by atoms with Crippen LogP contribution in [0.25, 0.3) is 5.70 Å². The van der Waals surface area contributed by atoms with Crippen LogP contribution in [0, 0.1) is 11.5 Å². The van der Waals surface area contributed by atoms with Crippen molar-refractivity contribution < 1.29 is 14.3 Å². The summed E-state index contributed by atoms with van der Waals surface area (Å²) in [4.78, 5) is 18.2. The number of likely N-dealkylation sites (tertiary alicyclic amines) is 1. The molecule has 9 nitrogen and oxygen atoms in total. The van der Waals surface area contributed by atoms with Crippen molar-refractivity contribution in [1.29, 1.82) is 5.26 Å². The third-order valence-corrected chi connectivity index (χ3v) is 5.23. The highest BCUT2D eigenvalue weighted by molar-refractivity contribution is 6.24. The normalized spacial score (nSPS) is 17.1. The van der Waals surface area contributed by atoms with Gasteiger partial charge < -0.3 is 31.6 Å². The molecule has 6 N–H and O–H groups in total. The molecule has 0 aromatic heterocycles. The van der Waals surface area contributed by atoms with Gasteiger partial charge in [-0.2, -0.15) is 5.26 Å². The molecule has 1 atom stereocenters. The van der Waals surface area contributed by atoms with Crippen molar-refractivity contribution in [3.8, 4) is 23.4 Å². The van der Waals surface area contributed by atoms with E-state index in [9.17, 15) is 4.79 Å². The highest BCUT2D eigenvalue weighted by atomic mass is 16.5. The summed E-state index contributed by atoms with van der Waals surface area (Å²) in [5.74, 6) is 1.22. The van der Waals surface area contributed by atoms with Gasteiger partial charge in [0, 0.05) is 6.54 Å². The maximum absolute atomic E-state index is 12.1. The smallest absolute Gasteiger partial charge is 0.254 e. The number of carbonyl (C=O) groups excluding carboxylic acids is 1. The first-order valence-corrected chi connectivity index (χ1v) is 11.1. The summed E-state index contributed by atoms with van der Waals surface area (Å²) in [5, 5.41) is 9.11. The fourth-order valence-corrected chi connectivity index (χ4v) is 3.65. The van der Waals surface area contributed by atoms with Gasteiger partial charge in [-0.1, -0.05) is 0 Å². The Balaban J connectivity index is 1.76. The van der Waals surface area contributed by atoms with E-state index >= 15 is 0 Å². The number of hydrogen-bond donors (Lipinski definition) is 3. The molecule has 178 valence electrons. The van der Waals surface area contributed by atoms with E-state index in [2.05, 4.69) is 11.2 Å². The van der Waals surface area contributed by atoms with Gasteiger partial charge in [0.15, 0.2) is 6.19 Å². The van der Waals surface area contributed by atoms with Crippen LogP contribution in [0.1, 0.15) is 32.3 Å². The van der Waals surface area contributed by atoms with E-state index in [1.165, 1.54) is 0 Å². The van der Waals surface area contributed by atoms with Gasteiger partial charge >= 0.3 is 0 Å². The lowest BCUT2D eigenvalue weighted by atomic mass is 10.0. The first kappa shape index (κ1) is 24.5. The summed E-state index contributed by atoms with van der Waals surface area (Å²) in [6.07, 6.45) is 3.79. The van der Waals surface area contributed by atoms with Crippen LogP contribution in [0.2, 0.25) is 0 Å². The van der Waals surface area contributed by atoms with Crippen LogP contribution in [-0.4, -0.2) is 41.9 Å². The SMILES string of the molecule is CC(C)Oc1ccc(Oc2ccc(C(N)=C(C(N)=O)C(N)=NC3CCCN(C#N)C3)cc2)cc1. The number of primary amides is 1. The summed E-state index contributed by atoms with van der Waals surface area (Å²) in [6, 6.07) is 14.0. The lowest BCUT2D eigenvalue weighted by molar-refractivity contribution is -0.114. The second-order valence-electron chi connectivity index (χ2n) is 8.27. The van der Waals surface area contributed by atoms with Crippen LogP contribution >= 0.6 is 0 Å². The van der Waals surface area contributed by atoms with E-state index in [1.807, 2.05) is 38.1 Å². The van der Waals surface area contributed by atoms with Gasteiger partial charge in [-0.25, -0.2) is 0 Å². The number of benzene rings is 2. The van der Waals surface area contributed by atoms with Gasteiger partial charge in [-0.3, -0.25) is 9.79 Å². The number of nitrogens with zero attached hydrogens (tertiary/aromatic N) is 3. The summed E-state index contributed by atoms with van der Waals surface area (Å²) in [6.45, 7) is 5.06. The number of nitrogens with two attached hydrogens (primary N) is 3. The minimum absolute atomic E-state index is 0.0289. The van der Waals surface area contributed by atoms with Crippen molar-refractivity contribution in [1.82, 2.24) is 4.90 Å². The molecule has 2 aromatic carbocycles. The first-order valence-electron chi connectivity index (χ1n) is 11.1. The molecule has 1 saturated heterocycles. The molecule has 0 aliphatic carbocycles. The lowest BCUT2D eigenvalue weighted by Crippen LogP contribution is -2.37. The van der Waals surface area contributed by atoms with Gasteiger partial charge in [0.2, 0.25) is 0 Å². The largest absolute Gasteiger partial charge is 0.491 e. The average molecular weight is 463 g/mol. The quantitative estimate of drug-likeness (QED) is 0.236. The summed E-state index contributed by atoms with van der Waals surface area (Å²) >= 11 is 0. The molecular weight excluding hydrogens is 432 g/mol. The highest BCUT2D eigenvalue weighted by Crippen LogP contribution is 2.26. The second kappa shape index (κ2) is 11.1. The van der Waals surface area contributed by atoms with Crippen LogP contribution in [0.3, 0.4) is 0 Å². The van der Waals surface area contributed by atoms with E-state index in [4.69, 9.17) is 31.9 Å². The van der Waals surface area contributed by atoms with Gasteiger partial charge in [0.05, 0.1) is 24.4 Å². The van der Waals surface area contributed by atoms with Crippen molar-refractivity contribution in [2.75, 3.05) is 13.1 Å². The van der Waals surface area contributed by atoms with Gasteiger partial charge in [0.1, 0.15) is 28.7 Å². The van der Waals surface area contributed by atoms with Crippen molar-refractivity contribution in [2.45, 2.75) is 38.8 Å². The summed E-state index contributed by atoms with van der Waals surface area (Å²) in [7, 11) is 0. The Morgan fingerprint density at radius 2 is 1.65 bits per heavy atom. The Labute approximate surface area is 199 Å². The molecule has 2 aromatic rings. The Bertz CT molecular complexity index is 1100. The second-order valence-corrected chi connectivity index (χ2v) is 8.27. The number of rotatable bonds is 8. The van der Waals surface area contributed by atoms with Crippen LogP contribution in [-0.2, 0) is 4.79 Å². The molecule has 1 aliphatic heterocycles. The number of carbonyl (C=O) groups is 1. The topological polar surface area (TPSA) is 153 Å². The molecule has 34 heavy (non-hydrogen) atoms. The fraction of sp³-hybridized carbons (Fsp3) is 0.320. The van der Waals surface area contributed by atoms with Gasteiger partial charge in [-0.05, 0) is 80.8 Å². The molecule has 0 bridgehead atoms. The monoisotopic (exact) mass is 462 g/mol. The zero-order chi connectivity index (χ0) is 24.7. The predicted molar refractivity (Wildman–Crippen MR) is 131 cm³/mol. The van der Waals surface area contributed by atoms with Gasteiger partial charge in [0.25, 0.3) is 5.91 Å². The van der Waals surface area contributed by atoms with Crippen LogP contribution < -0.4 is 26.7 Å². The summed E-state index contributed by atoms with van der Waals surface area (Å²) < 4.78 is 11.5. The van der Waals surface area contributed by atoms with Crippen molar-refractivity contribution in [3.05, 3.63) is 59.7 Å². The maximum Gasteiger partial charge on any atom is 0.254 e. The molecule has 0 spiro atoms. The molecular formula is C25H30N6O3. The Hall–Kier alpha value is -4.19. The van der Waals surface area contributed by atoms with Crippen molar-refractivity contribution in [2.24, 2.45) is 22.2 Å². The number of amides is 1. The zero-order valence-electron chi connectivity index (χ0n) is 19.4. The fourth-order valence-electron chi connectivity index (χ4n) is 3.65. The van der Waals surface area contributed by atoms with E-state index < -0.39 is 5.91 Å². The average Bonchev–Trinajstić information content (AvgIpc) is 2.80. The zero-order valence-corrected chi connectivity index (χ0v) is 19.4. The third kappa shape index (κ3) is 6.42. The van der Waals surface area contributed by atoms with E-state index in [0.29, 0.717) is 30.2 Å². The molecule has 0 radical (unpaired) electrons. The standard InChI is InChI=1S/C25H30N6O3/c1-16(2)33-19-9-11-21(12-10-19)34-20-7-5-17(6-8-20)23(27)22(25(29)32)24(28)30-18-4-3-13-31(14-18)15-26/h5-12,16,18H,3-4,13-14,27H2,1-2H3,(H2,28,30)(H2,29,32). The number of nitriles is 1. The number of aliphatic imine (C=N–C) groups is 1. The Morgan fingerprint density at radius 1 is 1.06 bits per heavy atom. The number of ether oxygens (including phenoxy) is 2. The predicted octanol–water partition coefficient (Wildman–Crippen LogP) is 2.72. The van der Waals surface area contributed by atoms with E-state index in [0.717, 1.165) is 18.6 Å². The lowest BCUT2D eigenvalue weighted by Gasteiger charge is -2.26. The molecule has 1 amide bonds. The molecule has 3 rings (SSSR count). The minimum Gasteiger partial charge on any atom is -0.491 e. The molecule has 1 fully saturated rings. The molecule has 9 heteroatoms. The Kier molecular flexibility index (Phi) is 7.98. The van der Waals surface area contributed by atoms with E-state index in [-0.39, 0.29) is 29.3 Å². The van der Waals surface area contributed by atoms with Gasteiger partial charge in [-0.15, -0.1) is 0 Å². The summed E-state index contributed by atoms with van der Waals surface area (Å²) in [5.41, 5.74) is 18.6. The van der Waals surface area contributed by atoms with Crippen molar-refractivity contribution >= 4 is 17.4 Å². The molecule has 1 heterocycles. The number of hydrogen-bond acceptors (Lipinski definition) is 7. The molecule has 0 saturated carbocycles. The first-order chi connectivity index (χ1) is 16.3. The number of amidine groups is 1. The minimum atomic E-state index is -0.768. The van der Waals surface area contributed by atoms with Crippen LogP contribution in [0.4, 0.5) is 0 Å². The molecule has 1 aliphatic rings. The number of piperidine rings is 1. The third-order valence-electron chi connectivity index (χ3n) is 5.23. The van der Waals surface area contributed by atoms with Crippen LogP contribution in [0.5, 0.6) is 17.2 Å². The Morgan fingerprint density at radius 3 is 2.21 bits per heavy atom. The molecule has 1 unspecified atom stereocenters. The highest BCUT2D eigenvalue weighted by Gasteiger charge is 2.22. The van der Waals surface area contributed by atoms with Crippen LogP contribution in [0.15, 0.2) is 59.1 Å². The van der Waals surface area contributed by atoms with E-state index in [1.54, 1.807) is 29.2 Å².